The van der Waals surface area contributed by atoms with Crippen LogP contribution < -0.4 is 16.0 Å². The number of amides is 2. The molecule has 1 fully saturated rings. The van der Waals surface area contributed by atoms with Crippen molar-refractivity contribution in [1.82, 2.24) is 10.6 Å². The highest BCUT2D eigenvalue weighted by molar-refractivity contribution is 6.31. The van der Waals surface area contributed by atoms with Gasteiger partial charge in [-0.2, -0.15) is 0 Å². The molecule has 0 bridgehead atoms. The molecule has 1 aromatic rings. The highest BCUT2D eigenvalue weighted by atomic mass is 35.5. The van der Waals surface area contributed by atoms with Gasteiger partial charge in [-0.3, -0.25) is 0 Å². The molecule has 2 amide bonds. The van der Waals surface area contributed by atoms with Crippen molar-refractivity contribution >= 4 is 23.3 Å². The SMILES string of the molecule is Cc1ccc(NC(=O)NC2(C)CCNCC2)cc1Cl. The molecule has 3 N–H and O–H groups in total. The molecule has 0 saturated carbocycles. The van der Waals surface area contributed by atoms with Gasteiger partial charge in [0.1, 0.15) is 0 Å². The summed E-state index contributed by atoms with van der Waals surface area (Å²) in [5.41, 5.74) is 1.58. The van der Waals surface area contributed by atoms with Gasteiger partial charge in [-0.15, -0.1) is 0 Å². The van der Waals surface area contributed by atoms with Gasteiger partial charge in [0.05, 0.1) is 0 Å². The molecule has 5 heteroatoms. The number of nitrogens with one attached hydrogen (secondary N) is 3. The number of anilines is 1. The summed E-state index contributed by atoms with van der Waals surface area (Å²) in [7, 11) is 0. The van der Waals surface area contributed by atoms with Crippen LogP contribution >= 0.6 is 11.6 Å². The zero-order valence-corrected chi connectivity index (χ0v) is 12.1. The fraction of sp³-hybridized carbons (Fsp3) is 0.500. The molecule has 104 valence electrons. The fourth-order valence-corrected chi connectivity index (χ4v) is 2.39. The number of carbonyl (C=O) groups excluding carboxylic acids is 1. The predicted octanol–water partition coefficient (Wildman–Crippen LogP) is 2.91. The van der Waals surface area contributed by atoms with E-state index < -0.39 is 0 Å². The summed E-state index contributed by atoms with van der Waals surface area (Å²) in [5.74, 6) is 0. The Kier molecular flexibility index (Phi) is 4.32. The standard InChI is InChI=1S/C14H20ClN3O/c1-10-3-4-11(9-12(10)15)17-13(19)18-14(2)5-7-16-8-6-14/h3-4,9,16H,5-8H2,1-2H3,(H2,17,18,19). The van der Waals surface area contributed by atoms with Gasteiger partial charge in [0, 0.05) is 16.2 Å². The lowest BCUT2D eigenvalue weighted by Crippen LogP contribution is -2.53. The van der Waals surface area contributed by atoms with Gasteiger partial charge in [0.25, 0.3) is 0 Å². The second-order valence-corrected chi connectivity index (χ2v) is 5.76. The van der Waals surface area contributed by atoms with Crippen molar-refractivity contribution < 1.29 is 4.79 Å². The maximum absolute atomic E-state index is 12.0. The first kappa shape index (κ1) is 14.2. The Labute approximate surface area is 118 Å². The van der Waals surface area contributed by atoms with E-state index in [2.05, 4.69) is 22.9 Å². The average Bonchev–Trinajstić information content (AvgIpc) is 2.34. The normalized spacial score (nSPS) is 17.8. The molecule has 0 aliphatic carbocycles. The Balaban J connectivity index is 1.95. The second kappa shape index (κ2) is 5.80. The maximum Gasteiger partial charge on any atom is 0.319 e. The third kappa shape index (κ3) is 3.85. The molecule has 0 unspecified atom stereocenters. The van der Waals surface area contributed by atoms with Gasteiger partial charge in [-0.25, -0.2) is 4.79 Å². The zero-order valence-electron chi connectivity index (χ0n) is 11.3. The first-order valence-electron chi connectivity index (χ1n) is 6.55. The molecule has 4 nitrogen and oxygen atoms in total. The van der Waals surface area contributed by atoms with Gasteiger partial charge in [0.15, 0.2) is 0 Å². The van der Waals surface area contributed by atoms with Crippen LogP contribution in [-0.4, -0.2) is 24.7 Å². The van der Waals surface area contributed by atoms with E-state index in [4.69, 9.17) is 11.6 Å². The predicted molar refractivity (Wildman–Crippen MR) is 78.9 cm³/mol. The van der Waals surface area contributed by atoms with E-state index in [1.165, 1.54) is 0 Å². The first-order chi connectivity index (χ1) is 8.98. The number of hydrogen-bond acceptors (Lipinski definition) is 2. The van der Waals surface area contributed by atoms with Crippen LogP contribution in [0.1, 0.15) is 25.3 Å². The van der Waals surface area contributed by atoms with Crippen LogP contribution in [0.5, 0.6) is 0 Å². The highest BCUT2D eigenvalue weighted by Gasteiger charge is 2.28. The number of aryl methyl sites for hydroxylation is 1. The number of piperidine rings is 1. The first-order valence-corrected chi connectivity index (χ1v) is 6.92. The summed E-state index contributed by atoms with van der Waals surface area (Å²) < 4.78 is 0. The number of carbonyl (C=O) groups is 1. The minimum Gasteiger partial charge on any atom is -0.333 e. The molecule has 1 heterocycles. The second-order valence-electron chi connectivity index (χ2n) is 5.35. The summed E-state index contributed by atoms with van der Waals surface area (Å²) in [6.07, 6.45) is 1.88. The summed E-state index contributed by atoms with van der Waals surface area (Å²) in [4.78, 5) is 12.0. The van der Waals surface area contributed by atoms with Crippen molar-refractivity contribution in [3.63, 3.8) is 0 Å². The van der Waals surface area contributed by atoms with Crippen molar-refractivity contribution in [2.75, 3.05) is 18.4 Å². The Morgan fingerprint density at radius 3 is 2.68 bits per heavy atom. The van der Waals surface area contributed by atoms with E-state index in [-0.39, 0.29) is 11.6 Å². The van der Waals surface area contributed by atoms with E-state index >= 15 is 0 Å². The van der Waals surface area contributed by atoms with Crippen LogP contribution in [0.2, 0.25) is 5.02 Å². The van der Waals surface area contributed by atoms with Crippen LogP contribution in [0.15, 0.2) is 18.2 Å². The summed E-state index contributed by atoms with van der Waals surface area (Å²) >= 11 is 6.04. The van der Waals surface area contributed by atoms with Crippen molar-refractivity contribution in [2.45, 2.75) is 32.2 Å². The van der Waals surface area contributed by atoms with Gasteiger partial charge in [-0.05, 0) is 57.5 Å². The molecule has 2 rings (SSSR count). The molecular weight excluding hydrogens is 262 g/mol. The monoisotopic (exact) mass is 281 g/mol. The average molecular weight is 282 g/mol. The lowest BCUT2D eigenvalue weighted by molar-refractivity contribution is 0.225. The van der Waals surface area contributed by atoms with Crippen LogP contribution in [0.25, 0.3) is 0 Å². The smallest absolute Gasteiger partial charge is 0.319 e. The lowest BCUT2D eigenvalue weighted by Gasteiger charge is -2.34. The molecule has 1 saturated heterocycles. The van der Waals surface area contributed by atoms with E-state index in [1.54, 1.807) is 6.07 Å². The number of benzene rings is 1. The number of rotatable bonds is 2. The molecule has 19 heavy (non-hydrogen) atoms. The highest BCUT2D eigenvalue weighted by Crippen LogP contribution is 2.21. The molecule has 0 aromatic heterocycles. The topological polar surface area (TPSA) is 53.2 Å². The van der Waals surface area contributed by atoms with Gasteiger partial charge in [0.2, 0.25) is 0 Å². The Bertz CT molecular complexity index is 470. The third-order valence-electron chi connectivity index (χ3n) is 3.55. The largest absolute Gasteiger partial charge is 0.333 e. The van der Waals surface area contributed by atoms with Crippen LogP contribution in [-0.2, 0) is 0 Å². The fourth-order valence-electron chi connectivity index (χ4n) is 2.21. The van der Waals surface area contributed by atoms with Crippen molar-refractivity contribution in [3.05, 3.63) is 28.8 Å². The van der Waals surface area contributed by atoms with E-state index in [9.17, 15) is 4.79 Å². The summed E-state index contributed by atoms with van der Waals surface area (Å²) in [5, 5.41) is 9.82. The van der Waals surface area contributed by atoms with Gasteiger partial charge in [-0.1, -0.05) is 17.7 Å². The van der Waals surface area contributed by atoms with E-state index in [0.29, 0.717) is 10.7 Å². The van der Waals surface area contributed by atoms with Gasteiger partial charge < -0.3 is 16.0 Å². The summed E-state index contributed by atoms with van der Waals surface area (Å²) in [6.45, 7) is 5.89. The number of hydrogen-bond donors (Lipinski definition) is 3. The molecule has 0 atom stereocenters. The summed E-state index contributed by atoms with van der Waals surface area (Å²) in [6, 6.07) is 5.33. The Morgan fingerprint density at radius 1 is 1.37 bits per heavy atom. The van der Waals surface area contributed by atoms with Crippen LogP contribution in [0.4, 0.5) is 10.5 Å². The van der Waals surface area contributed by atoms with Crippen molar-refractivity contribution in [3.8, 4) is 0 Å². The minimum absolute atomic E-state index is 0.135. The quantitative estimate of drug-likeness (QED) is 0.781. The van der Waals surface area contributed by atoms with Crippen molar-refractivity contribution in [2.24, 2.45) is 0 Å². The van der Waals surface area contributed by atoms with E-state index in [0.717, 1.165) is 31.5 Å². The van der Waals surface area contributed by atoms with Crippen LogP contribution in [0.3, 0.4) is 0 Å². The molecule has 1 aliphatic heterocycles. The van der Waals surface area contributed by atoms with E-state index in [1.807, 2.05) is 19.1 Å². The Hall–Kier alpha value is -1.26. The lowest BCUT2D eigenvalue weighted by atomic mass is 9.91. The molecule has 0 spiro atoms. The minimum atomic E-state index is -0.177. The third-order valence-corrected chi connectivity index (χ3v) is 3.96. The zero-order chi connectivity index (χ0) is 13.9. The van der Waals surface area contributed by atoms with Gasteiger partial charge >= 0.3 is 6.03 Å². The van der Waals surface area contributed by atoms with Crippen molar-refractivity contribution in [1.29, 1.82) is 0 Å². The van der Waals surface area contributed by atoms with Crippen LogP contribution in [0, 0.1) is 6.92 Å². The number of urea groups is 1. The molecular formula is C14H20ClN3O. The molecule has 1 aromatic carbocycles. The molecule has 0 radical (unpaired) electrons. The molecule has 1 aliphatic rings. The Morgan fingerprint density at radius 2 is 2.05 bits per heavy atom. The maximum atomic E-state index is 12.0. The number of halogens is 1.